The van der Waals surface area contributed by atoms with Crippen LogP contribution in [0.1, 0.15) is 0 Å². The zero-order valence-corrected chi connectivity index (χ0v) is 10.2. The van der Waals surface area contributed by atoms with Crippen LogP contribution in [-0.4, -0.2) is 23.9 Å². The summed E-state index contributed by atoms with van der Waals surface area (Å²) in [6.07, 6.45) is -7.03. The summed E-state index contributed by atoms with van der Waals surface area (Å²) in [6.45, 7) is -0.623. The van der Waals surface area contributed by atoms with Gasteiger partial charge in [0.15, 0.2) is 6.10 Å². The van der Waals surface area contributed by atoms with Crippen LogP contribution in [0.25, 0.3) is 0 Å². The summed E-state index contributed by atoms with van der Waals surface area (Å²) < 4.78 is 36.5. The van der Waals surface area contributed by atoms with E-state index in [1.807, 2.05) is 0 Å². The van der Waals surface area contributed by atoms with Gasteiger partial charge in [0.1, 0.15) is 0 Å². The van der Waals surface area contributed by atoms with Gasteiger partial charge in [-0.1, -0.05) is 17.7 Å². The predicted molar refractivity (Wildman–Crippen MR) is 59.7 cm³/mol. The molecule has 1 unspecified atom stereocenters. The topological polar surface area (TPSA) is 32.3 Å². The van der Waals surface area contributed by atoms with E-state index in [2.05, 4.69) is 21.2 Å². The van der Waals surface area contributed by atoms with Crippen molar-refractivity contribution in [3.63, 3.8) is 0 Å². The molecule has 16 heavy (non-hydrogen) atoms. The van der Waals surface area contributed by atoms with Crippen molar-refractivity contribution >= 4 is 33.2 Å². The summed E-state index contributed by atoms with van der Waals surface area (Å²) in [7, 11) is 0. The normalized spacial score (nSPS) is 13.6. The zero-order valence-electron chi connectivity index (χ0n) is 7.85. The van der Waals surface area contributed by atoms with Crippen LogP contribution in [0, 0.1) is 0 Å². The number of aliphatic hydroxyl groups is 1. The number of benzene rings is 1. The molecule has 90 valence electrons. The van der Waals surface area contributed by atoms with E-state index in [1.54, 1.807) is 18.2 Å². The van der Waals surface area contributed by atoms with E-state index in [9.17, 15) is 13.2 Å². The van der Waals surface area contributed by atoms with Crippen molar-refractivity contribution in [2.45, 2.75) is 12.3 Å². The number of anilines is 1. The molecule has 1 atom stereocenters. The van der Waals surface area contributed by atoms with Crippen molar-refractivity contribution in [3.05, 3.63) is 27.7 Å². The van der Waals surface area contributed by atoms with Gasteiger partial charge in [-0.3, -0.25) is 0 Å². The van der Waals surface area contributed by atoms with Crippen LogP contribution >= 0.6 is 27.5 Å². The van der Waals surface area contributed by atoms with Crippen molar-refractivity contribution in [1.82, 2.24) is 0 Å². The molecular formula is C9H8BrClF3NO. The van der Waals surface area contributed by atoms with E-state index < -0.39 is 18.8 Å². The predicted octanol–water partition coefficient (Wildman–Crippen LogP) is 3.44. The lowest BCUT2D eigenvalue weighted by Gasteiger charge is -2.16. The van der Waals surface area contributed by atoms with E-state index >= 15 is 0 Å². The highest BCUT2D eigenvalue weighted by Crippen LogP contribution is 2.30. The average molecular weight is 319 g/mol. The Labute approximate surface area is 104 Å². The fourth-order valence-corrected chi connectivity index (χ4v) is 1.54. The van der Waals surface area contributed by atoms with Crippen LogP contribution in [-0.2, 0) is 0 Å². The van der Waals surface area contributed by atoms with Crippen LogP contribution in [0.4, 0.5) is 18.9 Å². The molecule has 1 aromatic carbocycles. The van der Waals surface area contributed by atoms with Gasteiger partial charge in [0.05, 0.1) is 15.2 Å². The third-order valence-corrected chi connectivity index (χ3v) is 3.21. The molecule has 1 aromatic rings. The quantitative estimate of drug-likeness (QED) is 0.895. The van der Waals surface area contributed by atoms with Gasteiger partial charge in [-0.15, -0.1) is 0 Å². The average Bonchev–Trinajstić information content (AvgIpc) is 2.18. The maximum absolute atomic E-state index is 12.0. The Morgan fingerprint density at radius 2 is 2.06 bits per heavy atom. The molecule has 1 rings (SSSR count). The lowest BCUT2D eigenvalue weighted by atomic mass is 10.3. The zero-order chi connectivity index (χ0) is 12.3. The molecule has 2 nitrogen and oxygen atoms in total. The van der Waals surface area contributed by atoms with E-state index in [4.69, 9.17) is 16.7 Å². The highest BCUT2D eigenvalue weighted by atomic mass is 79.9. The maximum Gasteiger partial charge on any atom is 0.416 e. The minimum atomic E-state index is -4.63. The third-order valence-electron chi connectivity index (χ3n) is 1.82. The second-order valence-corrected chi connectivity index (χ2v) is 4.24. The lowest BCUT2D eigenvalue weighted by molar-refractivity contribution is -0.198. The number of hydrogen-bond donors (Lipinski definition) is 2. The van der Waals surface area contributed by atoms with E-state index in [0.717, 1.165) is 0 Å². The molecule has 0 aliphatic rings. The molecule has 7 heteroatoms. The summed E-state index contributed by atoms with van der Waals surface area (Å²) in [5.41, 5.74) is 0.399. The van der Waals surface area contributed by atoms with E-state index in [-0.39, 0.29) is 0 Å². The monoisotopic (exact) mass is 317 g/mol. The summed E-state index contributed by atoms with van der Waals surface area (Å²) in [4.78, 5) is 0. The number of aliphatic hydroxyl groups excluding tert-OH is 1. The van der Waals surface area contributed by atoms with Gasteiger partial charge in [0.2, 0.25) is 0 Å². The summed E-state index contributed by atoms with van der Waals surface area (Å²) in [5.74, 6) is 0. The van der Waals surface area contributed by atoms with Crippen LogP contribution in [0.2, 0.25) is 5.02 Å². The number of alkyl halides is 3. The third kappa shape index (κ3) is 3.54. The Balaban J connectivity index is 2.65. The molecule has 0 saturated heterocycles. The minimum Gasteiger partial charge on any atom is -0.382 e. The molecule has 2 N–H and O–H groups in total. The summed E-state index contributed by atoms with van der Waals surface area (Å²) in [6, 6.07) is 4.74. The Morgan fingerprint density at radius 1 is 1.44 bits per heavy atom. The summed E-state index contributed by atoms with van der Waals surface area (Å²) in [5, 5.41) is 11.6. The molecule has 0 radical (unpaired) electrons. The Hall–Kier alpha value is -0.460. The van der Waals surface area contributed by atoms with Crippen LogP contribution < -0.4 is 5.32 Å². The van der Waals surface area contributed by atoms with Gasteiger partial charge < -0.3 is 10.4 Å². The number of nitrogens with one attached hydrogen (secondary N) is 1. The standard InChI is InChI=1S/C9H8BrClF3NO/c10-8-5(11)2-1-3-6(8)15-4-7(16)9(12,13)14/h1-3,7,15-16H,4H2. The lowest BCUT2D eigenvalue weighted by Crippen LogP contribution is -2.35. The Morgan fingerprint density at radius 3 is 2.62 bits per heavy atom. The maximum atomic E-state index is 12.0. The number of hydrogen-bond acceptors (Lipinski definition) is 2. The Kier molecular flexibility index (Phi) is 4.46. The molecule has 0 aromatic heterocycles. The van der Waals surface area contributed by atoms with Crippen LogP contribution in [0.15, 0.2) is 22.7 Å². The highest BCUT2D eigenvalue weighted by Gasteiger charge is 2.37. The minimum absolute atomic E-state index is 0.381. The fourth-order valence-electron chi connectivity index (χ4n) is 0.963. The van der Waals surface area contributed by atoms with Gasteiger partial charge >= 0.3 is 6.18 Å². The SMILES string of the molecule is OC(CNc1cccc(Cl)c1Br)C(F)(F)F. The molecule has 0 aliphatic carbocycles. The molecule has 0 amide bonds. The van der Waals surface area contributed by atoms with Gasteiger partial charge in [0.25, 0.3) is 0 Å². The van der Waals surface area contributed by atoms with Crippen LogP contribution in [0.5, 0.6) is 0 Å². The Bertz CT molecular complexity index is 372. The largest absolute Gasteiger partial charge is 0.416 e. The second-order valence-electron chi connectivity index (χ2n) is 3.04. The molecule has 0 heterocycles. The number of halogens is 5. The first-order valence-electron chi connectivity index (χ1n) is 4.25. The first kappa shape index (κ1) is 13.6. The van der Waals surface area contributed by atoms with Crippen molar-refractivity contribution in [2.24, 2.45) is 0 Å². The van der Waals surface area contributed by atoms with Crippen molar-refractivity contribution < 1.29 is 18.3 Å². The first-order valence-corrected chi connectivity index (χ1v) is 5.42. The second kappa shape index (κ2) is 5.25. The molecular weight excluding hydrogens is 310 g/mol. The molecule has 0 bridgehead atoms. The molecule has 0 fully saturated rings. The van der Waals surface area contributed by atoms with Gasteiger partial charge in [-0.2, -0.15) is 13.2 Å². The highest BCUT2D eigenvalue weighted by molar-refractivity contribution is 9.10. The van der Waals surface area contributed by atoms with Crippen molar-refractivity contribution in [1.29, 1.82) is 0 Å². The van der Waals surface area contributed by atoms with Crippen LogP contribution in [0.3, 0.4) is 0 Å². The van der Waals surface area contributed by atoms with E-state index in [1.165, 1.54) is 0 Å². The first-order chi connectivity index (χ1) is 7.32. The fraction of sp³-hybridized carbons (Fsp3) is 0.333. The molecule has 0 spiro atoms. The van der Waals surface area contributed by atoms with E-state index in [0.29, 0.717) is 15.2 Å². The van der Waals surface area contributed by atoms with Crippen molar-refractivity contribution in [2.75, 3.05) is 11.9 Å². The molecule has 0 saturated carbocycles. The number of rotatable bonds is 3. The van der Waals surface area contributed by atoms with Gasteiger partial charge in [-0.05, 0) is 28.1 Å². The van der Waals surface area contributed by atoms with Gasteiger partial charge in [-0.25, -0.2) is 0 Å². The molecule has 0 aliphatic heterocycles. The smallest absolute Gasteiger partial charge is 0.382 e. The van der Waals surface area contributed by atoms with Crippen molar-refractivity contribution in [3.8, 4) is 0 Å². The summed E-state index contributed by atoms with van der Waals surface area (Å²) >= 11 is 8.87. The van der Waals surface area contributed by atoms with Gasteiger partial charge in [0, 0.05) is 6.54 Å².